The van der Waals surface area contributed by atoms with E-state index in [1.807, 2.05) is 0 Å². The molecule has 1 aromatic carbocycles. The van der Waals surface area contributed by atoms with Crippen molar-refractivity contribution in [2.45, 2.75) is 83.2 Å². The second-order valence-electron chi connectivity index (χ2n) is 13.7. The Morgan fingerprint density at radius 1 is 1.14 bits per heavy atom. The van der Waals surface area contributed by atoms with Gasteiger partial charge in [0.25, 0.3) is 5.56 Å². The topological polar surface area (TPSA) is 168 Å². The van der Waals surface area contributed by atoms with E-state index in [1.54, 1.807) is 24.7 Å². The van der Waals surface area contributed by atoms with Gasteiger partial charge in [0.2, 0.25) is 11.8 Å². The number of aromatic nitrogens is 3. The Kier molecular flexibility index (Phi) is 12.6. The molecule has 3 aromatic rings. The van der Waals surface area contributed by atoms with Crippen LogP contribution in [-0.4, -0.2) is 87.6 Å². The molecule has 0 spiro atoms. The van der Waals surface area contributed by atoms with Crippen LogP contribution in [0.5, 0.6) is 0 Å². The van der Waals surface area contributed by atoms with Gasteiger partial charge < -0.3 is 39.6 Å². The maximum Gasteiger partial charge on any atom is 0.405 e. The number of aliphatic hydroxyl groups is 1. The van der Waals surface area contributed by atoms with Crippen LogP contribution < -0.4 is 16.2 Å². The van der Waals surface area contributed by atoms with Crippen LogP contribution in [0.25, 0.3) is 11.0 Å². The number of rotatable bonds is 16. The second kappa shape index (κ2) is 15.9. The monoisotopic (exact) mass is 704 g/mol. The predicted molar refractivity (Wildman–Crippen MR) is 184 cm³/mol. The lowest BCUT2D eigenvalue weighted by atomic mass is 9.92. The molecule has 0 aliphatic carbocycles. The lowest BCUT2D eigenvalue weighted by molar-refractivity contribution is -0.167. The molecule has 2 aromatic heterocycles. The van der Waals surface area contributed by atoms with E-state index in [-0.39, 0.29) is 49.1 Å². The average molecular weight is 705 g/mol. The number of carboxylic acid groups (broad SMARTS) is 1. The van der Waals surface area contributed by atoms with Gasteiger partial charge in [-0.1, -0.05) is 37.8 Å². The van der Waals surface area contributed by atoms with Gasteiger partial charge in [0.15, 0.2) is 0 Å². The number of para-hydroxylation sites is 1. The zero-order chi connectivity index (χ0) is 36.7. The molecule has 16 heteroatoms. The maximum atomic E-state index is 15.5. The molecule has 0 saturated heterocycles. The first-order chi connectivity index (χ1) is 22.7. The minimum absolute atomic E-state index is 0.00963. The third-order valence-corrected chi connectivity index (χ3v) is 9.41. The summed E-state index contributed by atoms with van der Waals surface area (Å²) in [6.45, 7) is 8.84. The Bertz CT molecular complexity index is 1740. The highest BCUT2D eigenvalue weighted by molar-refractivity contribution is 6.76. The van der Waals surface area contributed by atoms with E-state index in [9.17, 15) is 29.4 Å². The number of nitrogens with zero attached hydrogens (tertiary/aromatic N) is 4. The molecular formula is C33H46F2N6O7Si. The highest BCUT2D eigenvalue weighted by Crippen LogP contribution is 2.41. The second-order valence-corrected chi connectivity index (χ2v) is 19.3. The van der Waals surface area contributed by atoms with Gasteiger partial charge in [0, 0.05) is 35.0 Å². The molecule has 0 saturated carbocycles. The number of imidazole rings is 1. The molecule has 1 unspecified atom stereocenters. The molecule has 0 bridgehead atoms. The maximum absolute atomic E-state index is 15.5. The van der Waals surface area contributed by atoms with Crippen molar-refractivity contribution in [3.8, 4) is 0 Å². The number of halogens is 2. The van der Waals surface area contributed by atoms with Crippen molar-refractivity contribution >= 4 is 42.7 Å². The highest BCUT2D eigenvalue weighted by Gasteiger charge is 2.48. The first-order valence-electron chi connectivity index (χ1n) is 15.8. The first kappa shape index (κ1) is 39.0. The molecule has 3 rings (SSSR count). The lowest BCUT2D eigenvalue weighted by Gasteiger charge is -2.29. The van der Waals surface area contributed by atoms with Gasteiger partial charge in [-0.25, -0.2) is 9.78 Å². The van der Waals surface area contributed by atoms with Gasteiger partial charge in [0.1, 0.15) is 29.9 Å². The van der Waals surface area contributed by atoms with Crippen LogP contribution >= 0.6 is 0 Å². The van der Waals surface area contributed by atoms with E-state index in [0.717, 1.165) is 19.9 Å². The number of allylic oxidation sites excluding steroid dienone is 1. The van der Waals surface area contributed by atoms with Gasteiger partial charge in [-0.05, 0) is 57.0 Å². The first-order valence-corrected chi connectivity index (χ1v) is 19.5. The van der Waals surface area contributed by atoms with Crippen molar-refractivity contribution in [3.05, 3.63) is 70.4 Å². The number of nitrogens with one attached hydrogen (secondary N) is 2. The molecular weight excluding hydrogens is 658 g/mol. The third kappa shape index (κ3) is 10.3. The number of carbonyl (C=O) groups is 3. The van der Waals surface area contributed by atoms with Gasteiger partial charge in [-0.15, -0.1) is 0 Å². The Balaban J connectivity index is 1.95. The number of alkyl halides is 2. The number of amides is 3. The van der Waals surface area contributed by atoms with E-state index >= 15 is 8.78 Å². The van der Waals surface area contributed by atoms with Gasteiger partial charge in [-0.3, -0.25) is 14.4 Å². The Labute approximate surface area is 284 Å². The SMILES string of the molecule is CN(C)C(=O)/C=C/CCC(NC(=O)O)C(=O)Nc1cccn(Cc2nc3c(C(F)(F)C(C)(C)O)cccc3n2COCC[Si](C)(C)C)c1=O. The summed E-state index contributed by atoms with van der Waals surface area (Å²) in [5, 5.41) is 24.2. The van der Waals surface area contributed by atoms with Crippen LogP contribution in [0.15, 0.2) is 53.5 Å². The number of ether oxygens (including phenoxy) is 1. The van der Waals surface area contributed by atoms with Crippen molar-refractivity contribution < 1.29 is 38.1 Å². The summed E-state index contributed by atoms with van der Waals surface area (Å²) < 4.78 is 39.7. The Morgan fingerprint density at radius 3 is 2.45 bits per heavy atom. The van der Waals surface area contributed by atoms with Crippen LogP contribution in [0.1, 0.15) is 38.1 Å². The molecule has 1 atom stereocenters. The number of benzene rings is 1. The number of hydrogen-bond donors (Lipinski definition) is 4. The molecule has 13 nitrogen and oxygen atoms in total. The van der Waals surface area contributed by atoms with Crippen molar-refractivity contribution in [1.82, 2.24) is 24.3 Å². The standard InChI is InChI=1S/C33H46F2N6O7Si/c1-32(2,47)33(34,35)22-12-10-15-25-28(22)38-26(41(25)21-48-18-19-49(5,6)7)20-40-17-11-14-24(30(40)44)36-29(43)23(37-31(45)46)13-8-9-16-27(42)39(3)4/h9-12,14-17,23,37,47H,8,13,18-21H2,1-7H3,(H,36,43)(H,45,46)/b16-9+. The largest absolute Gasteiger partial charge is 0.465 e. The number of anilines is 1. The van der Waals surface area contributed by atoms with Crippen LogP contribution in [0.3, 0.4) is 0 Å². The number of fused-ring (bicyclic) bond motifs is 1. The molecule has 268 valence electrons. The number of likely N-dealkylation sites (N-methyl/N-ethyl adjacent to an activating group) is 1. The number of carbonyl (C=O) groups excluding carboxylic acids is 2. The minimum atomic E-state index is -3.67. The zero-order valence-corrected chi connectivity index (χ0v) is 29.9. The Hall–Kier alpha value is -4.41. The highest BCUT2D eigenvalue weighted by atomic mass is 28.3. The predicted octanol–water partition coefficient (Wildman–Crippen LogP) is 4.42. The van der Waals surface area contributed by atoms with Crippen LogP contribution in [0.2, 0.25) is 25.7 Å². The number of pyridine rings is 1. The van der Waals surface area contributed by atoms with Crippen molar-refractivity contribution in [2.24, 2.45) is 0 Å². The molecule has 0 radical (unpaired) electrons. The van der Waals surface area contributed by atoms with E-state index in [0.29, 0.717) is 12.1 Å². The number of hydrogen-bond acceptors (Lipinski definition) is 7. The summed E-state index contributed by atoms with van der Waals surface area (Å²) in [5.41, 5.74) is -3.40. The molecule has 49 heavy (non-hydrogen) atoms. The van der Waals surface area contributed by atoms with E-state index in [4.69, 9.17) is 4.74 Å². The fourth-order valence-electron chi connectivity index (χ4n) is 4.72. The third-order valence-electron chi connectivity index (χ3n) is 7.71. The van der Waals surface area contributed by atoms with Crippen molar-refractivity contribution in [1.29, 1.82) is 0 Å². The average Bonchev–Trinajstić information content (AvgIpc) is 3.34. The van der Waals surface area contributed by atoms with Crippen molar-refractivity contribution in [2.75, 3.05) is 26.0 Å². The molecule has 2 heterocycles. The van der Waals surface area contributed by atoms with Crippen molar-refractivity contribution in [3.63, 3.8) is 0 Å². The summed E-state index contributed by atoms with van der Waals surface area (Å²) in [5.74, 6) is -4.50. The lowest BCUT2D eigenvalue weighted by Crippen LogP contribution is -2.44. The normalized spacial score (nSPS) is 13.1. The zero-order valence-electron chi connectivity index (χ0n) is 28.9. The quantitative estimate of drug-likeness (QED) is 0.0966. The van der Waals surface area contributed by atoms with Crippen LogP contribution in [0.4, 0.5) is 19.3 Å². The molecule has 3 amide bonds. The summed E-state index contributed by atoms with van der Waals surface area (Å²) in [6.07, 6.45) is 3.03. The molecule has 0 fully saturated rings. The molecule has 0 aliphatic heterocycles. The summed E-state index contributed by atoms with van der Waals surface area (Å²) >= 11 is 0. The van der Waals surface area contributed by atoms with Crippen LogP contribution in [-0.2, 0) is 33.5 Å². The van der Waals surface area contributed by atoms with E-state index < -0.39 is 48.8 Å². The molecule has 4 N–H and O–H groups in total. The van der Waals surface area contributed by atoms with Crippen LogP contribution in [0, 0.1) is 0 Å². The fraction of sp³-hybridized carbons (Fsp3) is 0.485. The summed E-state index contributed by atoms with van der Waals surface area (Å²) in [6, 6.07) is 6.73. The summed E-state index contributed by atoms with van der Waals surface area (Å²) in [7, 11) is 1.72. The van der Waals surface area contributed by atoms with E-state index in [2.05, 4.69) is 35.3 Å². The van der Waals surface area contributed by atoms with Gasteiger partial charge >= 0.3 is 12.0 Å². The van der Waals surface area contributed by atoms with E-state index in [1.165, 1.54) is 52.1 Å². The fourth-order valence-corrected chi connectivity index (χ4v) is 5.48. The Morgan fingerprint density at radius 2 is 1.84 bits per heavy atom. The van der Waals surface area contributed by atoms with Gasteiger partial charge in [0.05, 0.1) is 23.1 Å². The minimum Gasteiger partial charge on any atom is -0.465 e. The smallest absolute Gasteiger partial charge is 0.405 e. The van der Waals surface area contributed by atoms with Gasteiger partial charge in [-0.2, -0.15) is 8.78 Å². The molecule has 0 aliphatic rings. The summed E-state index contributed by atoms with van der Waals surface area (Å²) in [4.78, 5) is 55.7.